The van der Waals surface area contributed by atoms with Gasteiger partial charge in [0.1, 0.15) is 5.69 Å². The number of methoxy groups -OCH3 is 1. The molecule has 39 heavy (non-hydrogen) atoms. The number of amides is 2. The molecule has 1 spiro atoms. The first-order valence-corrected chi connectivity index (χ1v) is 12.9. The van der Waals surface area contributed by atoms with Crippen LogP contribution in [0.3, 0.4) is 0 Å². The number of aromatic amines is 2. The van der Waals surface area contributed by atoms with E-state index in [9.17, 15) is 18.4 Å². The summed E-state index contributed by atoms with van der Waals surface area (Å²) in [5.41, 5.74) is 1.74. The molecule has 4 atom stereocenters. The predicted octanol–water partition coefficient (Wildman–Crippen LogP) is 3.33. The van der Waals surface area contributed by atoms with E-state index >= 15 is 0 Å². The van der Waals surface area contributed by atoms with Crippen molar-refractivity contribution in [1.29, 1.82) is 0 Å². The molecule has 3 N–H and O–H groups in total. The Hall–Kier alpha value is -4.35. The summed E-state index contributed by atoms with van der Waals surface area (Å²) in [4.78, 5) is 32.6. The van der Waals surface area contributed by atoms with Crippen molar-refractivity contribution in [3.8, 4) is 17.1 Å². The number of rotatable bonds is 6. The van der Waals surface area contributed by atoms with Gasteiger partial charge in [-0.25, -0.2) is 9.37 Å². The Bertz CT molecular complexity index is 1630. The van der Waals surface area contributed by atoms with E-state index in [-0.39, 0.29) is 58.7 Å². The maximum absolute atomic E-state index is 14.4. The highest BCUT2D eigenvalue weighted by atomic mass is 19.1. The number of ether oxygens (including phenoxy) is 1. The minimum Gasteiger partial charge on any atom is -0.481 e. The van der Waals surface area contributed by atoms with Gasteiger partial charge in [0, 0.05) is 35.7 Å². The zero-order valence-corrected chi connectivity index (χ0v) is 21.0. The second kappa shape index (κ2) is 8.58. The lowest BCUT2D eigenvalue weighted by Crippen LogP contribution is -2.53. The maximum atomic E-state index is 14.4. The third-order valence-electron chi connectivity index (χ3n) is 8.51. The highest BCUT2D eigenvalue weighted by Crippen LogP contribution is 2.65. The molecule has 200 valence electrons. The largest absolute Gasteiger partial charge is 0.481 e. The van der Waals surface area contributed by atoms with Gasteiger partial charge in [0.05, 0.1) is 29.9 Å². The third-order valence-corrected chi connectivity index (χ3v) is 8.51. The van der Waals surface area contributed by atoms with Crippen LogP contribution < -0.4 is 10.1 Å². The molecule has 12 heteroatoms. The second-order valence-electron chi connectivity index (χ2n) is 10.7. The van der Waals surface area contributed by atoms with Crippen molar-refractivity contribution in [3.63, 3.8) is 0 Å². The monoisotopic (exact) mass is 533 g/mol. The Balaban J connectivity index is 1.05. The topological polar surface area (TPSA) is 129 Å². The molecule has 5 heterocycles. The van der Waals surface area contributed by atoms with Crippen LogP contribution in [0.15, 0.2) is 36.5 Å². The first-order chi connectivity index (χ1) is 18.9. The summed E-state index contributed by atoms with van der Waals surface area (Å²) in [6.07, 6.45) is 3.96. The number of carbonyl (C=O) groups is 2. The van der Waals surface area contributed by atoms with Crippen molar-refractivity contribution >= 4 is 22.7 Å². The number of piperidine rings is 2. The number of nitrogens with one attached hydrogen (secondary N) is 3. The second-order valence-corrected chi connectivity index (χ2v) is 10.7. The molecule has 3 aliphatic rings. The van der Waals surface area contributed by atoms with Crippen LogP contribution in [0.5, 0.6) is 5.88 Å². The quantitative estimate of drug-likeness (QED) is 0.349. The van der Waals surface area contributed by atoms with Crippen LogP contribution in [-0.2, 0) is 11.3 Å². The summed E-state index contributed by atoms with van der Waals surface area (Å²) in [7, 11) is 1.44. The first kappa shape index (κ1) is 23.7. The number of hydrogen-bond acceptors (Lipinski definition) is 6. The van der Waals surface area contributed by atoms with E-state index in [1.54, 1.807) is 18.2 Å². The number of H-pyrrole nitrogens is 2. The summed E-state index contributed by atoms with van der Waals surface area (Å²) < 4.78 is 33.3. The Morgan fingerprint density at radius 3 is 2.85 bits per heavy atom. The molecule has 1 aromatic carbocycles. The number of carbonyl (C=O) groups excluding carboxylic acids is 2. The van der Waals surface area contributed by atoms with Crippen molar-refractivity contribution < 1.29 is 23.1 Å². The average Bonchev–Trinajstić information content (AvgIpc) is 3.24. The lowest BCUT2D eigenvalue weighted by atomic mass is 9.86. The maximum Gasteiger partial charge on any atom is 0.272 e. The molecule has 4 aromatic rings. The molecular formula is C27H25F2N7O3. The zero-order valence-electron chi connectivity index (χ0n) is 21.0. The van der Waals surface area contributed by atoms with Crippen LogP contribution in [0.4, 0.5) is 8.78 Å². The van der Waals surface area contributed by atoms with E-state index in [2.05, 4.69) is 30.7 Å². The molecule has 3 aromatic heterocycles. The fourth-order valence-electron chi connectivity index (χ4n) is 6.62. The zero-order chi connectivity index (χ0) is 26.9. The SMILES string of the molecule is COc1cc(-c2cc(C(=O)N3[C@H]4CC5CC53C[C@@H](C(=O)NCc3ccc5n[nH]c(F)c5c3)C4)[nH]n2)c(F)cn1. The molecule has 2 aliphatic heterocycles. The molecule has 1 aliphatic carbocycles. The van der Waals surface area contributed by atoms with E-state index in [1.807, 2.05) is 11.0 Å². The lowest BCUT2D eigenvalue weighted by molar-refractivity contribution is -0.127. The van der Waals surface area contributed by atoms with Gasteiger partial charge in [-0.15, -0.1) is 0 Å². The highest BCUT2D eigenvalue weighted by Gasteiger charge is 2.70. The Kier molecular flexibility index (Phi) is 5.23. The molecule has 2 unspecified atom stereocenters. The molecule has 0 radical (unpaired) electrons. The van der Waals surface area contributed by atoms with E-state index in [0.29, 0.717) is 29.7 Å². The van der Waals surface area contributed by atoms with Crippen LogP contribution in [0.25, 0.3) is 22.2 Å². The van der Waals surface area contributed by atoms with Gasteiger partial charge in [-0.3, -0.25) is 19.8 Å². The molecule has 7 rings (SSSR count). The normalized spacial score (nSPS) is 25.0. The smallest absolute Gasteiger partial charge is 0.272 e. The van der Waals surface area contributed by atoms with Crippen molar-refractivity contribution in [2.45, 2.75) is 43.8 Å². The van der Waals surface area contributed by atoms with E-state index in [1.165, 1.54) is 13.2 Å². The first-order valence-electron chi connectivity index (χ1n) is 12.9. The number of pyridine rings is 1. The third kappa shape index (κ3) is 3.76. The molecule has 2 amide bonds. The van der Waals surface area contributed by atoms with Gasteiger partial charge >= 0.3 is 0 Å². The minimum absolute atomic E-state index is 0.0540. The number of aromatic nitrogens is 5. The number of benzene rings is 1. The summed E-state index contributed by atoms with van der Waals surface area (Å²) in [5.74, 6) is -0.900. The van der Waals surface area contributed by atoms with Gasteiger partial charge in [-0.2, -0.15) is 14.6 Å². The number of fused-ring (bicyclic) bond motifs is 2. The van der Waals surface area contributed by atoms with Gasteiger partial charge in [-0.1, -0.05) is 6.07 Å². The lowest BCUT2D eigenvalue weighted by Gasteiger charge is -2.41. The van der Waals surface area contributed by atoms with E-state index in [4.69, 9.17) is 4.74 Å². The number of halogens is 2. The van der Waals surface area contributed by atoms with Crippen molar-refractivity contribution in [1.82, 2.24) is 35.6 Å². The average molecular weight is 534 g/mol. The Morgan fingerprint density at radius 1 is 1.15 bits per heavy atom. The number of nitrogens with zero attached hydrogens (tertiary/aromatic N) is 4. The fourth-order valence-corrected chi connectivity index (χ4v) is 6.62. The summed E-state index contributed by atoms with van der Waals surface area (Å²) in [5, 5.41) is 16.5. The van der Waals surface area contributed by atoms with Crippen molar-refractivity contribution in [2.24, 2.45) is 11.8 Å². The molecular weight excluding hydrogens is 508 g/mol. The van der Waals surface area contributed by atoms with Crippen molar-refractivity contribution in [3.05, 3.63) is 59.6 Å². The van der Waals surface area contributed by atoms with Gasteiger partial charge in [0.15, 0.2) is 5.82 Å². The fraction of sp³-hybridized carbons (Fsp3) is 0.370. The standard InChI is InChI=1S/C27H25F2N7O3/c1-39-23-7-17(19(28)12-30-23)21-8-22(34-33-21)26(38)36-16-5-14(9-27(36)10-15(27)6-16)25(37)31-11-13-2-3-20-18(4-13)24(29)35-32-20/h2-4,7-8,12,14-16H,5-6,9-11H2,1H3,(H,31,37)(H,32,35)(H,33,34)/t14-,15?,16+,27?/m0/s1. The molecule has 3 fully saturated rings. The van der Waals surface area contributed by atoms with Gasteiger partial charge in [0.2, 0.25) is 17.7 Å². The predicted molar refractivity (Wildman–Crippen MR) is 134 cm³/mol. The Morgan fingerprint density at radius 2 is 2.03 bits per heavy atom. The Labute approximate surface area is 221 Å². The summed E-state index contributed by atoms with van der Waals surface area (Å²) in [6, 6.07) is 8.15. The van der Waals surface area contributed by atoms with Gasteiger partial charge < -0.3 is 15.0 Å². The van der Waals surface area contributed by atoms with Gasteiger partial charge in [0.25, 0.3) is 5.91 Å². The van der Waals surface area contributed by atoms with E-state index in [0.717, 1.165) is 24.6 Å². The minimum atomic E-state index is -0.566. The van der Waals surface area contributed by atoms with Crippen LogP contribution in [0, 0.1) is 23.6 Å². The highest BCUT2D eigenvalue weighted by molar-refractivity contribution is 5.95. The van der Waals surface area contributed by atoms with Gasteiger partial charge in [-0.05, 0) is 55.4 Å². The molecule has 2 saturated heterocycles. The van der Waals surface area contributed by atoms with E-state index < -0.39 is 11.8 Å². The van der Waals surface area contributed by atoms with Crippen LogP contribution in [-0.4, -0.2) is 60.8 Å². The summed E-state index contributed by atoms with van der Waals surface area (Å²) >= 11 is 0. The number of hydrogen-bond donors (Lipinski definition) is 3. The van der Waals surface area contributed by atoms with Crippen LogP contribution in [0.1, 0.15) is 41.7 Å². The molecule has 2 bridgehead atoms. The van der Waals surface area contributed by atoms with Crippen LogP contribution in [0.2, 0.25) is 0 Å². The van der Waals surface area contributed by atoms with Crippen molar-refractivity contribution in [2.75, 3.05) is 7.11 Å². The summed E-state index contributed by atoms with van der Waals surface area (Å²) in [6.45, 7) is 0.285. The molecule has 1 saturated carbocycles. The van der Waals surface area contributed by atoms with Crippen LogP contribution >= 0.6 is 0 Å². The molecule has 10 nitrogen and oxygen atoms in total.